The molecule has 0 fully saturated rings. The van der Waals surface area contributed by atoms with E-state index >= 15 is 0 Å². The SMILES string of the molecule is COC(=O)Nc1nc(C)c(C(=O)O)s1.Cl. The van der Waals surface area contributed by atoms with E-state index in [2.05, 4.69) is 15.0 Å². The van der Waals surface area contributed by atoms with Crippen LogP contribution >= 0.6 is 23.7 Å². The van der Waals surface area contributed by atoms with E-state index in [1.165, 1.54) is 7.11 Å². The van der Waals surface area contributed by atoms with Gasteiger partial charge >= 0.3 is 12.1 Å². The van der Waals surface area contributed by atoms with Gasteiger partial charge in [-0.1, -0.05) is 11.3 Å². The van der Waals surface area contributed by atoms with Gasteiger partial charge in [0.05, 0.1) is 12.8 Å². The summed E-state index contributed by atoms with van der Waals surface area (Å²) in [5, 5.41) is 11.2. The van der Waals surface area contributed by atoms with Gasteiger partial charge in [-0.25, -0.2) is 14.6 Å². The number of nitrogens with one attached hydrogen (secondary N) is 1. The summed E-state index contributed by atoms with van der Waals surface area (Å²) in [6.07, 6.45) is -0.671. The molecule has 0 atom stereocenters. The van der Waals surface area contributed by atoms with Gasteiger partial charge in [0.15, 0.2) is 5.13 Å². The van der Waals surface area contributed by atoms with Crippen molar-refractivity contribution in [3.05, 3.63) is 10.6 Å². The normalized spacial score (nSPS) is 8.93. The molecule has 15 heavy (non-hydrogen) atoms. The lowest BCUT2D eigenvalue weighted by molar-refractivity contribution is 0.0701. The quantitative estimate of drug-likeness (QED) is 0.837. The summed E-state index contributed by atoms with van der Waals surface area (Å²) in [5.41, 5.74) is 0.369. The highest BCUT2D eigenvalue weighted by Gasteiger charge is 2.15. The van der Waals surface area contributed by atoms with Gasteiger partial charge in [-0.05, 0) is 6.92 Å². The summed E-state index contributed by atoms with van der Waals surface area (Å²) in [7, 11) is 1.22. The molecule has 2 N–H and O–H groups in total. The highest BCUT2D eigenvalue weighted by atomic mass is 35.5. The monoisotopic (exact) mass is 252 g/mol. The van der Waals surface area contributed by atoms with Gasteiger partial charge in [0.1, 0.15) is 4.88 Å². The lowest BCUT2D eigenvalue weighted by Crippen LogP contribution is -2.10. The molecule has 0 saturated carbocycles. The molecule has 1 aromatic heterocycles. The summed E-state index contributed by atoms with van der Waals surface area (Å²) in [5.74, 6) is -1.06. The maximum atomic E-state index is 10.8. The second kappa shape index (κ2) is 5.52. The Morgan fingerprint density at radius 3 is 2.53 bits per heavy atom. The van der Waals surface area contributed by atoms with Crippen LogP contribution < -0.4 is 5.32 Å². The zero-order valence-corrected chi connectivity index (χ0v) is 9.57. The molecule has 0 bridgehead atoms. The number of methoxy groups -OCH3 is 1. The molecule has 0 unspecified atom stereocenters. The fraction of sp³-hybridized carbons (Fsp3) is 0.286. The third-order valence-electron chi connectivity index (χ3n) is 1.39. The van der Waals surface area contributed by atoms with Crippen molar-refractivity contribution in [3.8, 4) is 0 Å². The molecular formula is C7H9ClN2O4S. The number of carboxylic acids is 1. The number of aromatic carboxylic acids is 1. The van der Waals surface area contributed by atoms with Crippen molar-refractivity contribution in [2.75, 3.05) is 12.4 Å². The second-order valence-electron chi connectivity index (χ2n) is 2.36. The summed E-state index contributed by atoms with van der Waals surface area (Å²) in [6.45, 7) is 1.56. The van der Waals surface area contributed by atoms with Crippen LogP contribution in [0.4, 0.5) is 9.93 Å². The molecule has 6 nitrogen and oxygen atoms in total. The van der Waals surface area contributed by atoms with Crippen LogP contribution in [0.5, 0.6) is 0 Å². The fourth-order valence-electron chi connectivity index (χ4n) is 0.787. The molecular weight excluding hydrogens is 244 g/mol. The van der Waals surface area contributed by atoms with Gasteiger partial charge in [0.2, 0.25) is 0 Å². The molecule has 1 heterocycles. The Hall–Kier alpha value is -1.34. The molecule has 1 rings (SSSR count). The third kappa shape index (κ3) is 3.37. The van der Waals surface area contributed by atoms with Crippen LogP contribution in [0.15, 0.2) is 0 Å². The number of hydrogen-bond acceptors (Lipinski definition) is 5. The predicted molar refractivity (Wildman–Crippen MR) is 57.1 cm³/mol. The molecule has 0 radical (unpaired) electrons. The Balaban J connectivity index is 0.00000196. The zero-order chi connectivity index (χ0) is 10.7. The van der Waals surface area contributed by atoms with E-state index in [1.807, 2.05) is 0 Å². The fourth-order valence-corrected chi connectivity index (χ4v) is 1.58. The minimum absolute atomic E-state index is 0. The number of carboxylic acid groups (broad SMARTS) is 1. The van der Waals surface area contributed by atoms with Crippen LogP contribution in [0.1, 0.15) is 15.4 Å². The van der Waals surface area contributed by atoms with Crippen molar-refractivity contribution in [2.45, 2.75) is 6.92 Å². The van der Waals surface area contributed by atoms with Crippen LogP contribution in [-0.2, 0) is 4.74 Å². The summed E-state index contributed by atoms with van der Waals surface area (Å²) < 4.78 is 4.33. The molecule has 0 spiro atoms. The Morgan fingerprint density at radius 1 is 1.53 bits per heavy atom. The van der Waals surface area contributed by atoms with Crippen LogP contribution in [0, 0.1) is 6.92 Å². The number of ether oxygens (including phenoxy) is 1. The van der Waals surface area contributed by atoms with Crippen LogP contribution in [0.25, 0.3) is 0 Å². The number of aromatic nitrogens is 1. The van der Waals surface area contributed by atoms with Crippen LogP contribution in [-0.4, -0.2) is 29.3 Å². The van der Waals surface area contributed by atoms with Crippen molar-refractivity contribution >= 4 is 40.9 Å². The Labute approximate surface area is 95.7 Å². The molecule has 0 aromatic carbocycles. The number of thiazole rings is 1. The molecule has 0 saturated heterocycles. The number of nitrogens with zero attached hydrogens (tertiary/aromatic N) is 1. The number of hydrogen-bond donors (Lipinski definition) is 2. The average molecular weight is 253 g/mol. The predicted octanol–water partition coefficient (Wildman–Crippen LogP) is 1.75. The molecule has 0 aliphatic heterocycles. The Kier molecular flexibility index (Phi) is 5.03. The lowest BCUT2D eigenvalue weighted by Gasteiger charge is -1.96. The first kappa shape index (κ1) is 13.7. The van der Waals surface area contributed by atoms with Gasteiger partial charge in [-0.3, -0.25) is 5.32 Å². The number of amides is 1. The van der Waals surface area contributed by atoms with E-state index < -0.39 is 12.1 Å². The van der Waals surface area contributed by atoms with Crippen molar-refractivity contribution in [2.24, 2.45) is 0 Å². The van der Waals surface area contributed by atoms with Crippen molar-refractivity contribution in [1.29, 1.82) is 0 Å². The first-order valence-electron chi connectivity index (χ1n) is 3.60. The van der Waals surface area contributed by atoms with Crippen LogP contribution in [0.3, 0.4) is 0 Å². The smallest absolute Gasteiger partial charge is 0.413 e. The number of carbonyl (C=O) groups excluding carboxylic acids is 1. The highest BCUT2D eigenvalue weighted by Crippen LogP contribution is 2.22. The number of halogens is 1. The Bertz CT molecular complexity index is 379. The molecule has 1 aromatic rings. The number of carbonyl (C=O) groups is 2. The van der Waals surface area contributed by atoms with Gasteiger partial charge in [0, 0.05) is 0 Å². The molecule has 8 heteroatoms. The van der Waals surface area contributed by atoms with E-state index in [-0.39, 0.29) is 22.4 Å². The van der Waals surface area contributed by atoms with Crippen molar-refractivity contribution in [1.82, 2.24) is 4.98 Å². The van der Waals surface area contributed by atoms with Gasteiger partial charge < -0.3 is 9.84 Å². The average Bonchev–Trinajstić information content (AvgIpc) is 2.46. The van der Waals surface area contributed by atoms with E-state index in [1.54, 1.807) is 6.92 Å². The number of rotatable bonds is 2. The Morgan fingerprint density at radius 2 is 2.13 bits per heavy atom. The molecule has 1 amide bonds. The van der Waals surface area contributed by atoms with E-state index in [9.17, 15) is 9.59 Å². The topological polar surface area (TPSA) is 88.5 Å². The van der Waals surface area contributed by atoms with Gasteiger partial charge in [-0.15, -0.1) is 12.4 Å². The van der Waals surface area contributed by atoms with Gasteiger partial charge in [-0.2, -0.15) is 0 Å². The van der Waals surface area contributed by atoms with Gasteiger partial charge in [0.25, 0.3) is 0 Å². The molecule has 0 aliphatic rings. The summed E-state index contributed by atoms with van der Waals surface area (Å²) in [6, 6.07) is 0. The maximum Gasteiger partial charge on any atom is 0.413 e. The van der Waals surface area contributed by atoms with E-state index in [0.29, 0.717) is 5.69 Å². The van der Waals surface area contributed by atoms with Crippen LogP contribution in [0.2, 0.25) is 0 Å². The maximum absolute atomic E-state index is 10.8. The standard InChI is InChI=1S/C7H8N2O4S.ClH/c1-3-4(5(10)11)14-6(8-3)9-7(12)13-2;/h1-2H3,(H,10,11)(H,8,9,12);1H. The summed E-state index contributed by atoms with van der Waals surface area (Å²) in [4.78, 5) is 25.3. The molecule has 84 valence electrons. The lowest BCUT2D eigenvalue weighted by atomic mass is 10.4. The number of aryl methyl sites for hydroxylation is 1. The third-order valence-corrected chi connectivity index (χ3v) is 2.45. The minimum atomic E-state index is -1.06. The largest absolute Gasteiger partial charge is 0.477 e. The first-order chi connectivity index (χ1) is 6.54. The summed E-state index contributed by atoms with van der Waals surface area (Å²) >= 11 is 0.889. The van der Waals surface area contributed by atoms with E-state index in [4.69, 9.17) is 5.11 Å². The first-order valence-corrected chi connectivity index (χ1v) is 4.42. The molecule has 0 aliphatic carbocycles. The second-order valence-corrected chi connectivity index (χ2v) is 3.35. The number of anilines is 1. The van der Waals surface area contributed by atoms with E-state index in [0.717, 1.165) is 11.3 Å². The highest BCUT2D eigenvalue weighted by molar-refractivity contribution is 7.17. The van der Waals surface area contributed by atoms with Crippen molar-refractivity contribution < 1.29 is 19.4 Å². The zero-order valence-electron chi connectivity index (χ0n) is 7.94. The van der Waals surface area contributed by atoms with Crippen molar-refractivity contribution in [3.63, 3.8) is 0 Å². The minimum Gasteiger partial charge on any atom is -0.477 e.